The van der Waals surface area contributed by atoms with Gasteiger partial charge in [0.2, 0.25) is 5.91 Å². The van der Waals surface area contributed by atoms with Crippen LogP contribution in [0.15, 0.2) is 34.8 Å². The molecule has 0 atom stereocenters. The number of benzene rings is 1. The van der Waals surface area contributed by atoms with Gasteiger partial charge in [-0.1, -0.05) is 22.0 Å². The fraction of sp³-hybridized carbons (Fsp3) is 0.0909. The van der Waals surface area contributed by atoms with Crippen LogP contribution in [0, 0.1) is 11.3 Å². The molecule has 0 saturated heterocycles. The number of carbonyl (C=O) groups excluding carboxylic acids is 1. The second-order valence-corrected chi connectivity index (χ2v) is 3.71. The molecule has 3 nitrogen and oxygen atoms in total. The van der Waals surface area contributed by atoms with Crippen LogP contribution < -0.4 is 5.32 Å². The van der Waals surface area contributed by atoms with Crippen LogP contribution in [0.4, 0.5) is 5.69 Å². The molecule has 0 aliphatic rings. The van der Waals surface area contributed by atoms with E-state index < -0.39 is 0 Å². The first-order valence-corrected chi connectivity index (χ1v) is 5.10. The van der Waals surface area contributed by atoms with Gasteiger partial charge in [0, 0.05) is 4.47 Å². The molecule has 1 amide bonds. The summed E-state index contributed by atoms with van der Waals surface area (Å²) in [6.45, 7) is 1.76. The maximum Gasteiger partial charge on any atom is 0.248 e. The first-order chi connectivity index (χ1) is 7.17. The molecule has 0 spiro atoms. The molecule has 0 saturated carbocycles. The summed E-state index contributed by atoms with van der Waals surface area (Å²) in [4.78, 5) is 11.2. The van der Waals surface area contributed by atoms with Crippen LogP contribution in [-0.4, -0.2) is 5.91 Å². The number of nitrogens with zero attached hydrogens (tertiary/aromatic N) is 1. The quantitative estimate of drug-likeness (QED) is 0.836. The lowest BCUT2D eigenvalue weighted by molar-refractivity contribution is -0.111. The highest BCUT2D eigenvalue weighted by atomic mass is 79.9. The summed E-state index contributed by atoms with van der Waals surface area (Å²) in [7, 11) is 0. The van der Waals surface area contributed by atoms with Gasteiger partial charge in [-0.3, -0.25) is 4.79 Å². The number of rotatable bonds is 2. The predicted molar refractivity (Wildman–Crippen MR) is 62.3 cm³/mol. The van der Waals surface area contributed by atoms with Crippen LogP contribution in [0.2, 0.25) is 0 Å². The number of amides is 1. The van der Waals surface area contributed by atoms with E-state index in [1.54, 1.807) is 31.2 Å². The Balaban J connectivity index is 2.96. The van der Waals surface area contributed by atoms with Crippen molar-refractivity contribution in [3.05, 3.63) is 40.4 Å². The van der Waals surface area contributed by atoms with Crippen LogP contribution in [0.3, 0.4) is 0 Å². The first-order valence-electron chi connectivity index (χ1n) is 4.30. The SMILES string of the molecule is C/C=C/C(=O)Nc1ccc(Br)cc1C#N. The molecule has 0 aromatic heterocycles. The van der Waals surface area contributed by atoms with Gasteiger partial charge < -0.3 is 5.32 Å². The van der Waals surface area contributed by atoms with Gasteiger partial charge in [0.15, 0.2) is 0 Å². The number of halogens is 1. The molecule has 1 aromatic carbocycles. The summed E-state index contributed by atoms with van der Waals surface area (Å²) in [6.07, 6.45) is 3.05. The van der Waals surface area contributed by atoms with Gasteiger partial charge in [0.1, 0.15) is 6.07 Å². The maximum absolute atomic E-state index is 11.2. The van der Waals surface area contributed by atoms with Crippen molar-refractivity contribution >= 4 is 27.5 Å². The smallest absolute Gasteiger partial charge is 0.248 e. The van der Waals surface area contributed by atoms with Crippen molar-refractivity contribution < 1.29 is 4.79 Å². The zero-order valence-electron chi connectivity index (χ0n) is 8.12. The normalized spacial score (nSPS) is 9.93. The van der Waals surface area contributed by atoms with Gasteiger partial charge >= 0.3 is 0 Å². The number of allylic oxidation sites excluding steroid dienone is 1. The van der Waals surface area contributed by atoms with Gasteiger partial charge in [0.05, 0.1) is 11.3 Å². The molecule has 15 heavy (non-hydrogen) atoms. The number of hydrogen-bond donors (Lipinski definition) is 1. The number of nitriles is 1. The van der Waals surface area contributed by atoms with E-state index in [9.17, 15) is 4.79 Å². The summed E-state index contributed by atoms with van der Waals surface area (Å²) >= 11 is 3.26. The number of anilines is 1. The highest BCUT2D eigenvalue weighted by Crippen LogP contribution is 2.20. The predicted octanol–water partition coefficient (Wildman–Crippen LogP) is 2.84. The van der Waals surface area contributed by atoms with Gasteiger partial charge in [-0.25, -0.2) is 0 Å². The Kier molecular flexibility index (Phi) is 4.07. The van der Waals surface area contributed by atoms with Gasteiger partial charge in [-0.05, 0) is 31.2 Å². The lowest BCUT2D eigenvalue weighted by Crippen LogP contribution is -2.08. The Morgan fingerprint density at radius 1 is 1.60 bits per heavy atom. The Morgan fingerprint density at radius 2 is 2.33 bits per heavy atom. The molecule has 1 aromatic rings. The molecule has 0 unspecified atom stereocenters. The van der Waals surface area contributed by atoms with E-state index in [2.05, 4.69) is 21.2 Å². The van der Waals surface area contributed by atoms with Crippen LogP contribution in [-0.2, 0) is 4.79 Å². The molecule has 1 N–H and O–H groups in total. The molecule has 76 valence electrons. The standard InChI is InChI=1S/C11H9BrN2O/c1-2-3-11(15)14-10-5-4-9(12)6-8(10)7-13/h2-6H,1H3,(H,14,15)/b3-2+. The average Bonchev–Trinajstić information content (AvgIpc) is 2.21. The Hall–Kier alpha value is -1.60. The number of hydrogen-bond acceptors (Lipinski definition) is 2. The van der Waals surface area contributed by atoms with E-state index in [0.29, 0.717) is 11.3 Å². The minimum atomic E-state index is -0.240. The molecule has 0 aliphatic carbocycles. The number of nitrogens with one attached hydrogen (secondary N) is 1. The summed E-state index contributed by atoms with van der Waals surface area (Å²) in [5, 5.41) is 11.5. The van der Waals surface area contributed by atoms with E-state index in [0.717, 1.165) is 4.47 Å². The van der Waals surface area contributed by atoms with Crippen molar-refractivity contribution in [3.63, 3.8) is 0 Å². The third-order valence-corrected chi connectivity index (χ3v) is 2.17. The maximum atomic E-state index is 11.2. The lowest BCUT2D eigenvalue weighted by atomic mass is 10.2. The minimum Gasteiger partial charge on any atom is -0.321 e. The second kappa shape index (κ2) is 5.32. The number of carbonyl (C=O) groups is 1. The topological polar surface area (TPSA) is 52.9 Å². The van der Waals surface area contributed by atoms with Crippen molar-refractivity contribution in [2.45, 2.75) is 6.92 Å². The average molecular weight is 265 g/mol. The Labute approximate surface area is 96.5 Å². The zero-order valence-corrected chi connectivity index (χ0v) is 9.71. The van der Waals surface area contributed by atoms with E-state index in [1.165, 1.54) is 6.08 Å². The van der Waals surface area contributed by atoms with Crippen LogP contribution >= 0.6 is 15.9 Å². The van der Waals surface area contributed by atoms with Gasteiger partial charge in [-0.15, -0.1) is 0 Å². The van der Waals surface area contributed by atoms with E-state index >= 15 is 0 Å². The molecule has 0 fully saturated rings. The summed E-state index contributed by atoms with van der Waals surface area (Å²) in [5.41, 5.74) is 0.950. The van der Waals surface area contributed by atoms with E-state index in [1.807, 2.05) is 6.07 Å². The monoisotopic (exact) mass is 264 g/mol. The van der Waals surface area contributed by atoms with Crippen LogP contribution in [0.5, 0.6) is 0 Å². The molecule has 4 heteroatoms. The molecule has 0 bridgehead atoms. The molecular formula is C11H9BrN2O. The highest BCUT2D eigenvalue weighted by Gasteiger charge is 2.04. The molecule has 0 heterocycles. The lowest BCUT2D eigenvalue weighted by Gasteiger charge is -2.04. The third-order valence-electron chi connectivity index (χ3n) is 1.68. The first kappa shape index (κ1) is 11.5. The van der Waals surface area contributed by atoms with Gasteiger partial charge in [-0.2, -0.15) is 5.26 Å². The molecular weight excluding hydrogens is 256 g/mol. The minimum absolute atomic E-state index is 0.240. The largest absolute Gasteiger partial charge is 0.321 e. The van der Waals surface area contributed by atoms with Crippen molar-refractivity contribution in [2.24, 2.45) is 0 Å². The van der Waals surface area contributed by atoms with E-state index in [-0.39, 0.29) is 5.91 Å². The zero-order chi connectivity index (χ0) is 11.3. The molecule has 1 rings (SSSR count). The fourth-order valence-electron chi connectivity index (χ4n) is 1.04. The van der Waals surface area contributed by atoms with Crippen LogP contribution in [0.1, 0.15) is 12.5 Å². The van der Waals surface area contributed by atoms with Crippen molar-refractivity contribution in [1.29, 1.82) is 5.26 Å². The van der Waals surface area contributed by atoms with Crippen molar-refractivity contribution in [3.8, 4) is 6.07 Å². The van der Waals surface area contributed by atoms with Crippen molar-refractivity contribution in [1.82, 2.24) is 0 Å². The summed E-state index contributed by atoms with van der Waals surface area (Å²) in [5.74, 6) is -0.240. The molecule has 0 radical (unpaired) electrons. The Bertz CT molecular complexity index is 446. The Morgan fingerprint density at radius 3 is 2.93 bits per heavy atom. The second-order valence-electron chi connectivity index (χ2n) is 2.79. The summed E-state index contributed by atoms with van der Waals surface area (Å²) in [6, 6.07) is 7.13. The van der Waals surface area contributed by atoms with Gasteiger partial charge in [0.25, 0.3) is 0 Å². The van der Waals surface area contributed by atoms with Crippen LogP contribution in [0.25, 0.3) is 0 Å². The van der Waals surface area contributed by atoms with Crippen molar-refractivity contribution in [2.75, 3.05) is 5.32 Å². The summed E-state index contributed by atoms with van der Waals surface area (Å²) < 4.78 is 0.808. The highest BCUT2D eigenvalue weighted by molar-refractivity contribution is 9.10. The third kappa shape index (κ3) is 3.22. The molecule has 0 aliphatic heterocycles. The van der Waals surface area contributed by atoms with E-state index in [4.69, 9.17) is 5.26 Å². The fourth-order valence-corrected chi connectivity index (χ4v) is 1.40.